The van der Waals surface area contributed by atoms with E-state index in [2.05, 4.69) is 22.5 Å². The standard InChI is InChI=1S/C24H37FN4O3.HI/c1-2-26-23(27-9-6-19-14-21(25)15-20-16-31-18-32-22(19)20)28-17-24(7-4-3-5-8-24)29-10-12-30-13-11-29;/h14-15H,2-13,16-18H2,1H3,(H2,26,27,28);1H. The average Bonchev–Trinajstić information content (AvgIpc) is 2.83. The van der Waals surface area contributed by atoms with Crippen LogP contribution in [0.25, 0.3) is 0 Å². The Morgan fingerprint density at radius 1 is 1.12 bits per heavy atom. The highest BCUT2D eigenvalue weighted by atomic mass is 127. The van der Waals surface area contributed by atoms with E-state index in [-0.39, 0.29) is 42.1 Å². The molecule has 0 atom stereocenters. The number of guanidine groups is 1. The Morgan fingerprint density at radius 2 is 1.91 bits per heavy atom. The quantitative estimate of drug-likeness (QED) is 0.295. The van der Waals surface area contributed by atoms with Crippen LogP contribution in [0.4, 0.5) is 4.39 Å². The van der Waals surface area contributed by atoms with E-state index in [0.717, 1.165) is 62.2 Å². The molecular formula is C24H38FIN4O3. The summed E-state index contributed by atoms with van der Waals surface area (Å²) in [7, 11) is 0. The van der Waals surface area contributed by atoms with E-state index in [1.807, 2.05) is 0 Å². The molecule has 2 heterocycles. The molecule has 0 radical (unpaired) electrons. The Kier molecular flexibility index (Phi) is 10.5. The minimum Gasteiger partial charge on any atom is -0.467 e. The molecule has 1 aromatic carbocycles. The van der Waals surface area contributed by atoms with Gasteiger partial charge in [0.1, 0.15) is 11.6 Å². The Labute approximate surface area is 213 Å². The smallest absolute Gasteiger partial charge is 0.191 e. The number of morpholine rings is 1. The minimum absolute atomic E-state index is 0. The molecule has 0 unspecified atom stereocenters. The fraction of sp³-hybridized carbons (Fsp3) is 0.708. The Morgan fingerprint density at radius 3 is 2.67 bits per heavy atom. The maximum absolute atomic E-state index is 14.0. The van der Waals surface area contributed by atoms with E-state index in [0.29, 0.717) is 19.6 Å². The lowest BCUT2D eigenvalue weighted by molar-refractivity contribution is -0.0333. The fourth-order valence-corrected chi connectivity index (χ4v) is 5.15. The number of rotatable bonds is 7. The first kappa shape index (κ1) is 26.4. The van der Waals surface area contributed by atoms with E-state index >= 15 is 0 Å². The van der Waals surface area contributed by atoms with E-state index in [9.17, 15) is 4.39 Å². The topological polar surface area (TPSA) is 67.4 Å². The maximum Gasteiger partial charge on any atom is 0.191 e. The molecule has 1 saturated heterocycles. The molecule has 0 bridgehead atoms. The molecule has 1 aliphatic carbocycles. The zero-order chi connectivity index (χ0) is 22.2. The highest BCUT2D eigenvalue weighted by Crippen LogP contribution is 2.34. The highest BCUT2D eigenvalue weighted by Gasteiger charge is 2.38. The van der Waals surface area contributed by atoms with Crippen molar-refractivity contribution in [3.8, 4) is 5.75 Å². The lowest BCUT2D eigenvalue weighted by atomic mass is 9.80. The van der Waals surface area contributed by atoms with Crippen molar-refractivity contribution in [2.24, 2.45) is 4.99 Å². The maximum atomic E-state index is 14.0. The second-order valence-corrected chi connectivity index (χ2v) is 8.92. The van der Waals surface area contributed by atoms with Crippen LogP contribution in [-0.4, -0.2) is 69.1 Å². The molecule has 3 aliphatic rings. The Balaban J connectivity index is 0.00000306. The third kappa shape index (κ3) is 6.93. The number of aliphatic imine (C=N–C) groups is 1. The summed E-state index contributed by atoms with van der Waals surface area (Å²) in [6.45, 7) is 8.53. The van der Waals surface area contributed by atoms with Crippen LogP contribution >= 0.6 is 24.0 Å². The zero-order valence-electron chi connectivity index (χ0n) is 19.7. The van der Waals surface area contributed by atoms with Gasteiger partial charge in [0, 0.05) is 37.3 Å². The largest absolute Gasteiger partial charge is 0.467 e. The number of ether oxygens (including phenoxy) is 3. The predicted octanol–water partition coefficient (Wildman–Crippen LogP) is 3.44. The van der Waals surface area contributed by atoms with Gasteiger partial charge in [-0.1, -0.05) is 19.3 Å². The lowest BCUT2D eigenvalue weighted by Gasteiger charge is -2.47. The molecule has 33 heavy (non-hydrogen) atoms. The minimum atomic E-state index is -0.252. The summed E-state index contributed by atoms with van der Waals surface area (Å²) in [6.07, 6.45) is 6.91. The van der Waals surface area contributed by atoms with E-state index < -0.39 is 0 Å². The summed E-state index contributed by atoms with van der Waals surface area (Å²) < 4.78 is 30.5. The molecule has 2 fully saturated rings. The van der Waals surface area contributed by atoms with Crippen molar-refractivity contribution in [1.29, 1.82) is 0 Å². The molecule has 1 saturated carbocycles. The Bertz CT molecular complexity index is 783. The molecule has 9 heteroatoms. The van der Waals surface area contributed by atoms with Crippen molar-refractivity contribution < 1.29 is 18.6 Å². The van der Waals surface area contributed by atoms with Gasteiger partial charge in [0.25, 0.3) is 0 Å². The van der Waals surface area contributed by atoms with Gasteiger partial charge in [-0.05, 0) is 43.9 Å². The first-order valence-electron chi connectivity index (χ1n) is 12.1. The first-order valence-corrected chi connectivity index (χ1v) is 12.1. The van der Waals surface area contributed by atoms with Crippen molar-refractivity contribution in [2.45, 2.75) is 57.6 Å². The SMILES string of the molecule is CCNC(=NCC1(N2CCOCC2)CCCCC1)NCCc1cc(F)cc2c1OCOC2.I. The zero-order valence-corrected chi connectivity index (χ0v) is 22.0. The van der Waals surface area contributed by atoms with Crippen molar-refractivity contribution in [3.63, 3.8) is 0 Å². The van der Waals surface area contributed by atoms with E-state index in [1.54, 1.807) is 6.07 Å². The van der Waals surface area contributed by atoms with Gasteiger partial charge in [-0.2, -0.15) is 0 Å². The molecule has 186 valence electrons. The van der Waals surface area contributed by atoms with Gasteiger partial charge in [0.2, 0.25) is 0 Å². The van der Waals surface area contributed by atoms with E-state index in [1.165, 1.54) is 38.2 Å². The number of fused-ring (bicyclic) bond motifs is 1. The summed E-state index contributed by atoms with van der Waals surface area (Å²) in [5.41, 5.74) is 1.78. The van der Waals surface area contributed by atoms with Gasteiger partial charge in [0.15, 0.2) is 12.8 Å². The third-order valence-electron chi connectivity index (χ3n) is 6.78. The Hall–Kier alpha value is -1.17. The highest BCUT2D eigenvalue weighted by molar-refractivity contribution is 14.0. The number of benzene rings is 1. The van der Waals surface area contributed by atoms with Crippen LogP contribution in [0.5, 0.6) is 5.75 Å². The van der Waals surface area contributed by atoms with Gasteiger partial charge < -0.3 is 24.8 Å². The molecule has 2 N–H and O–H groups in total. The van der Waals surface area contributed by atoms with Crippen LogP contribution in [0.3, 0.4) is 0 Å². The summed E-state index contributed by atoms with van der Waals surface area (Å²) in [4.78, 5) is 7.62. The summed E-state index contributed by atoms with van der Waals surface area (Å²) in [5, 5.41) is 6.81. The number of hydrogen-bond acceptors (Lipinski definition) is 5. The van der Waals surface area contributed by atoms with Crippen molar-refractivity contribution in [2.75, 3.05) is 52.7 Å². The summed E-state index contributed by atoms with van der Waals surface area (Å²) >= 11 is 0. The molecule has 0 amide bonds. The van der Waals surface area contributed by atoms with Crippen LogP contribution in [0.1, 0.15) is 50.2 Å². The van der Waals surface area contributed by atoms with Gasteiger partial charge >= 0.3 is 0 Å². The van der Waals surface area contributed by atoms with Crippen LogP contribution in [0.2, 0.25) is 0 Å². The van der Waals surface area contributed by atoms with Crippen LogP contribution < -0.4 is 15.4 Å². The summed E-state index contributed by atoms with van der Waals surface area (Å²) in [5.74, 6) is 1.33. The number of halogens is 2. The molecular weight excluding hydrogens is 538 g/mol. The molecule has 0 aromatic heterocycles. The molecule has 0 spiro atoms. The van der Waals surface area contributed by atoms with Crippen LogP contribution in [0.15, 0.2) is 17.1 Å². The molecule has 4 rings (SSSR count). The molecule has 1 aromatic rings. The monoisotopic (exact) mass is 576 g/mol. The number of nitrogens with one attached hydrogen (secondary N) is 2. The van der Waals surface area contributed by atoms with E-state index in [4.69, 9.17) is 19.2 Å². The van der Waals surface area contributed by atoms with Gasteiger partial charge in [-0.25, -0.2) is 4.39 Å². The second-order valence-electron chi connectivity index (χ2n) is 8.92. The van der Waals surface area contributed by atoms with Crippen LogP contribution in [0, 0.1) is 5.82 Å². The van der Waals surface area contributed by atoms with Crippen molar-refractivity contribution in [1.82, 2.24) is 15.5 Å². The first-order chi connectivity index (χ1) is 15.7. The van der Waals surface area contributed by atoms with Gasteiger partial charge in [-0.3, -0.25) is 9.89 Å². The van der Waals surface area contributed by atoms with Gasteiger partial charge in [-0.15, -0.1) is 24.0 Å². The molecule has 7 nitrogen and oxygen atoms in total. The van der Waals surface area contributed by atoms with Crippen LogP contribution in [-0.2, 0) is 22.5 Å². The van der Waals surface area contributed by atoms with Crippen molar-refractivity contribution >= 4 is 29.9 Å². The third-order valence-corrected chi connectivity index (χ3v) is 6.78. The number of nitrogens with zero attached hydrogens (tertiary/aromatic N) is 2. The van der Waals surface area contributed by atoms with Gasteiger partial charge in [0.05, 0.1) is 26.4 Å². The fourth-order valence-electron chi connectivity index (χ4n) is 5.15. The average molecular weight is 576 g/mol. The normalized spacial score (nSPS) is 20.8. The van der Waals surface area contributed by atoms with Crippen molar-refractivity contribution in [3.05, 3.63) is 29.1 Å². The summed E-state index contributed by atoms with van der Waals surface area (Å²) in [6, 6.07) is 3.05. The number of hydrogen-bond donors (Lipinski definition) is 2. The predicted molar refractivity (Wildman–Crippen MR) is 138 cm³/mol. The second kappa shape index (κ2) is 13.1. The molecule has 2 aliphatic heterocycles. The lowest BCUT2D eigenvalue weighted by Crippen LogP contribution is -2.56.